The highest BCUT2D eigenvalue weighted by Gasteiger charge is 2.09. The Hall–Kier alpha value is -1.70. The van der Waals surface area contributed by atoms with Crippen molar-refractivity contribution in [1.29, 1.82) is 0 Å². The Bertz CT molecular complexity index is 526. The summed E-state index contributed by atoms with van der Waals surface area (Å²) in [6.07, 6.45) is 2.85. The number of hydrogen-bond acceptors (Lipinski definition) is 2. The molecule has 0 saturated carbocycles. The van der Waals surface area contributed by atoms with Crippen LogP contribution >= 0.6 is 0 Å². The Kier molecular flexibility index (Phi) is 3.52. The molecule has 1 heterocycles. The van der Waals surface area contributed by atoms with E-state index in [0.29, 0.717) is 18.8 Å². The molecule has 0 bridgehead atoms. The molecule has 0 amide bonds. The molecule has 2 nitrogen and oxygen atoms in total. The third-order valence-electron chi connectivity index (χ3n) is 2.76. The van der Waals surface area contributed by atoms with Crippen molar-refractivity contribution < 1.29 is 4.79 Å². The van der Waals surface area contributed by atoms with Gasteiger partial charge >= 0.3 is 0 Å². The fraction of sp³-hybridized carbons (Fsp3) is 0.333. The SMILES string of the molecule is CC(C)CC(=O)Cc1nccc2ccccc12. The van der Waals surface area contributed by atoms with Gasteiger partial charge in [0, 0.05) is 24.4 Å². The van der Waals surface area contributed by atoms with Crippen LogP contribution in [0, 0.1) is 5.92 Å². The van der Waals surface area contributed by atoms with Crippen LogP contribution in [0.1, 0.15) is 26.0 Å². The Balaban J connectivity index is 2.27. The quantitative estimate of drug-likeness (QED) is 0.801. The predicted octanol–water partition coefficient (Wildman–Crippen LogP) is 3.39. The van der Waals surface area contributed by atoms with Gasteiger partial charge in [-0.3, -0.25) is 9.78 Å². The molecule has 2 rings (SSSR count). The summed E-state index contributed by atoms with van der Waals surface area (Å²) in [5.74, 6) is 0.682. The molecule has 88 valence electrons. The number of rotatable bonds is 4. The molecule has 1 aromatic heterocycles. The summed E-state index contributed by atoms with van der Waals surface area (Å²) in [4.78, 5) is 16.2. The van der Waals surface area contributed by atoms with Gasteiger partial charge in [-0.2, -0.15) is 0 Å². The zero-order valence-electron chi connectivity index (χ0n) is 10.3. The molecule has 0 atom stereocenters. The number of Topliss-reactive ketones (excluding diaryl/α,β-unsaturated/α-hetero) is 1. The summed E-state index contributed by atoms with van der Waals surface area (Å²) in [7, 11) is 0. The van der Waals surface area contributed by atoms with Gasteiger partial charge < -0.3 is 0 Å². The number of aromatic nitrogens is 1. The first-order valence-corrected chi connectivity index (χ1v) is 6.01. The van der Waals surface area contributed by atoms with Gasteiger partial charge in [0.1, 0.15) is 5.78 Å². The van der Waals surface area contributed by atoms with Gasteiger partial charge in [0.05, 0.1) is 5.69 Å². The second-order valence-corrected chi connectivity index (χ2v) is 4.79. The number of fused-ring (bicyclic) bond motifs is 1. The number of ketones is 1. The number of carbonyl (C=O) groups is 1. The minimum absolute atomic E-state index is 0.267. The molecule has 0 saturated heterocycles. The molecule has 1 aromatic carbocycles. The lowest BCUT2D eigenvalue weighted by Gasteiger charge is -2.06. The second-order valence-electron chi connectivity index (χ2n) is 4.79. The van der Waals surface area contributed by atoms with E-state index >= 15 is 0 Å². The molecule has 2 aromatic rings. The van der Waals surface area contributed by atoms with Crippen LogP contribution in [0.5, 0.6) is 0 Å². The Morgan fingerprint density at radius 2 is 2.00 bits per heavy atom. The average Bonchev–Trinajstić information content (AvgIpc) is 2.28. The molecule has 0 unspecified atom stereocenters. The van der Waals surface area contributed by atoms with E-state index in [0.717, 1.165) is 16.5 Å². The van der Waals surface area contributed by atoms with Gasteiger partial charge in [0.25, 0.3) is 0 Å². The average molecular weight is 227 g/mol. The van der Waals surface area contributed by atoms with Gasteiger partial charge in [-0.05, 0) is 17.4 Å². The van der Waals surface area contributed by atoms with E-state index in [9.17, 15) is 4.79 Å². The topological polar surface area (TPSA) is 30.0 Å². The highest BCUT2D eigenvalue weighted by Crippen LogP contribution is 2.17. The Morgan fingerprint density at radius 1 is 1.24 bits per heavy atom. The van der Waals surface area contributed by atoms with Crippen molar-refractivity contribution in [3.63, 3.8) is 0 Å². The van der Waals surface area contributed by atoms with E-state index < -0.39 is 0 Å². The standard InChI is InChI=1S/C15H17NO/c1-11(2)9-13(17)10-15-14-6-4-3-5-12(14)7-8-16-15/h3-8,11H,9-10H2,1-2H3. The molecule has 0 aliphatic rings. The smallest absolute Gasteiger partial charge is 0.139 e. The van der Waals surface area contributed by atoms with Crippen LogP contribution in [0.25, 0.3) is 10.8 Å². The monoisotopic (exact) mass is 227 g/mol. The van der Waals surface area contributed by atoms with Crippen molar-refractivity contribution in [3.8, 4) is 0 Å². The highest BCUT2D eigenvalue weighted by molar-refractivity contribution is 5.89. The van der Waals surface area contributed by atoms with E-state index in [-0.39, 0.29) is 5.78 Å². The molecule has 17 heavy (non-hydrogen) atoms. The van der Waals surface area contributed by atoms with E-state index in [4.69, 9.17) is 0 Å². The number of nitrogens with zero attached hydrogens (tertiary/aromatic N) is 1. The molecule has 0 aliphatic carbocycles. The van der Waals surface area contributed by atoms with Crippen molar-refractivity contribution in [2.24, 2.45) is 5.92 Å². The molecule has 0 radical (unpaired) electrons. The summed E-state index contributed by atoms with van der Waals surface area (Å²) in [5.41, 5.74) is 0.897. The maximum atomic E-state index is 11.8. The molecule has 0 aliphatic heterocycles. The fourth-order valence-corrected chi connectivity index (χ4v) is 2.04. The summed E-state index contributed by atoms with van der Waals surface area (Å²) in [6.45, 7) is 4.13. The van der Waals surface area contributed by atoms with Crippen LogP contribution in [0.4, 0.5) is 0 Å². The van der Waals surface area contributed by atoms with Gasteiger partial charge in [0.15, 0.2) is 0 Å². The lowest BCUT2D eigenvalue weighted by atomic mass is 10.0. The highest BCUT2D eigenvalue weighted by atomic mass is 16.1. The zero-order valence-corrected chi connectivity index (χ0v) is 10.3. The third-order valence-corrected chi connectivity index (χ3v) is 2.76. The van der Waals surface area contributed by atoms with Crippen molar-refractivity contribution in [1.82, 2.24) is 4.98 Å². The van der Waals surface area contributed by atoms with Crippen LogP contribution in [-0.4, -0.2) is 10.8 Å². The van der Waals surface area contributed by atoms with Crippen LogP contribution < -0.4 is 0 Å². The van der Waals surface area contributed by atoms with Crippen molar-refractivity contribution in [2.75, 3.05) is 0 Å². The first-order valence-electron chi connectivity index (χ1n) is 6.01. The molecule has 2 heteroatoms. The lowest BCUT2D eigenvalue weighted by Crippen LogP contribution is -2.07. The normalized spacial score (nSPS) is 11.0. The van der Waals surface area contributed by atoms with Gasteiger partial charge in [-0.1, -0.05) is 38.1 Å². The third kappa shape index (κ3) is 2.90. The fourth-order valence-electron chi connectivity index (χ4n) is 2.04. The Labute approximate surface area is 102 Å². The number of carbonyl (C=O) groups excluding carboxylic acids is 1. The first kappa shape index (κ1) is 11.8. The summed E-state index contributed by atoms with van der Waals surface area (Å²) in [5, 5.41) is 2.24. The summed E-state index contributed by atoms with van der Waals surface area (Å²) >= 11 is 0. The van der Waals surface area contributed by atoms with Crippen LogP contribution in [0.15, 0.2) is 36.5 Å². The van der Waals surface area contributed by atoms with E-state index in [1.165, 1.54) is 0 Å². The van der Waals surface area contributed by atoms with Crippen molar-refractivity contribution in [2.45, 2.75) is 26.7 Å². The molecule has 0 fully saturated rings. The second kappa shape index (κ2) is 5.09. The maximum absolute atomic E-state index is 11.8. The van der Waals surface area contributed by atoms with E-state index in [1.807, 2.05) is 30.3 Å². The predicted molar refractivity (Wildman–Crippen MR) is 69.9 cm³/mol. The van der Waals surface area contributed by atoms with Gasteiger partial charge in [0.2, 0.25) is 0 Å². The zero-order chi connectivity index (χ0) is 12.3. The van der Waals surface area contributed by atoms with Crippen LogP contribution in [0.2, 0.25) is 0 Å². The first-order chi connectivity index (χ1) is 8.16. The molecular weight excluding hydrogens is 210 g/mol. The maximum Gasteiger partial charge on any atom is 0.139 e. The molecule has 0 N–H and O–H groups in total. The summed E-state index contributed by atoms with van der Waals surface area (Å²) in [6, 6.07) is 10.0. The van der Waals surface area contributed by atoms with Crippen LogP contribution in [0.3, 0.4) is 0 Å². The minimum atomic E-state index is 0.267. The number of hydrogen-bond donors (Lipinski definition) is 0. The minimum Gasteiger partial charge on any atom is -0.299 e. The van der Waals surface area contributed by atoms with Gasteiger partial charge in [-0.15, -0.1) is 0 Å². The van der Waals surface area contributed by atoms with Crippen molar-refractivity contribution in [3.05, 3.63) is 42.2 Å². The van der Waals surface area contributed by atoms with Crippen molar-refractivity contribution >= 4 is 16.6 Å². The molecular formula is C15H17NO. The largest absolute Gasteiger partial charge is 0.299 e. The lowest BCUT2D eigenvalue weighted by molar-refractivity contribution is -0.119. The van der Waals surface area contributed by atoms with Gasteiger partial charge in [-0.25, -0.2) is 0 Å². The molecule has 0 spiro atoms. The Morgan fingerprint density at radius 3 is 2.76 bits per heavy atom. The van der Waals surface area contributed by atoms with E-state index in [2.05, 4.69) is 18.8 Å². The number of pyridine rings is 1. The number of benzene rings is 1. The van der Waals surface area contributed by atoms with Crippen LogP contribution in [-0.2, 0) is 11.2 Å². The van der Waals surface area contributed by atoms with E-state index in [1.54, 1.807) is 6.20 Å². The summed E-state index contributed by atoms with van der Waals surface area (Å²) < 4.78 is 0.